The number of ether oxygens (including phenoxy) is 1. The monoisotopic (exact) mass is 274 g/mol. The number of rotatable bonds is 5. The van der Waals surface area contributed by atoms with E-state index < -0.39 is 5.60 Å². The third kappa shape index (κ3) is 4.37. The van der Waals surface area contributed by atoms with Crippen LogP contribution in [0.25, 0.3) is 0 Å². The van der Waals surface area contributed by atoms with Gasteiger partial charge < -0.3 is 15.8 Å². The summed E-state index contributed by atoms with van der Waals surface area (Å²) in [5.74, 6) is 5.66. The average molecular weight is 274 g/mol. The standard InChI is InChI=1S/C16H22N2O2/c1-4-16(2,20-3)15(19)18-12-14-9-7-13(8-10-14)6-5-11-17/h7-10H,4,11-12,17H2,1-3H3,(H,18,19). The lowest BCUT2D eigenvalue weighted by Crippen LogP contribution is -2.45. The van der Waals surface area contributed by atoms with Gasteiger partial charge in [0.1, 0.15) is 5.60 Å². The second kappa shape index (κ2) is 7.68. The molecular formula is C16H22N2O2. The molecule has 4 nitrogen and oxygen atoms in total. The molecule has 0 saturated carbocycles. The third-order valence-electron chi connectivity index (χ3n) is 3.35. The fourth-order valence-electron chi connectivity index (χ4n) is 1.63. The molecule has 20 heavy (non-hydrogen) atoms. The van der Waals surface area contributed by atoms with Crippen LogP contribution in [0.5, 0.6) is 0 Å². The van der Waals surface area contributed by atoms with Crippen molar-refractivity contribution in [1.29, 1.82) is 0 Å². The molecule has 1 aromatic rings. The highest BCUT2D eigenvalue weighted by atomic mass is 16.5. The molecule has 0 spiro atoms. The van der Waals surface area contributed by atoms with Crippen molar-refractivity contribution in [1.82, 2.24) is 5.32 Å². The lowest BCUT2D eigenvalue weighted by atomic mass is 10.0. The number of benzene rings is 1. The Labute approximate surface area is 120 Å². The highest BCUT2D eigenvalue weighted by Gasteiger charge is 2.30. The second-order valence-electron chi connectivity index (χ2n) is 4.67. The Kier molecular flexibility index (Phi) is 6.23. The molecule has 0 radical (unpaired) electrons. The largest absolute Gasteiger partial charge is 0.369 e. The maximum Gasteiger partial charge on any atom is 0.252 e. The van der Waals surface area contributed by atoms with E-state index >= 15 is 0 Å². The van der Waals surface area contributed by atoms with Crippen molar-refractivity contribution in [2.24, 2.45) is 5.73 Å². The van der Waals surface area contributed by atoms with E-state index in [1.807, 2.05) is 31.2 Å². The van der Waals surface area contributed by atoms with Crippen LogP contribution in [0, 0.1) is 11.8 Å². The minimum Gasteiger partial charge on any atom is -0.369 e. The Morgan fingerprint density at radius 1 is 1.40 bits per heavy atom. The van der Waals surface area contributed by atoms with Crippen molar-refractivity contribution in [3.63, 3.8) is 0 Å². The van der Waals surface area contributed by atoms with E-state index in [0.29, 0.717) is 19.5 Å². The van der Waals surface area contributed by atoms with Gasteiger partial charge in [-0.3, -0.25) is 4.79 Å². The molecule has 0 aliphatic carbocycles. The molecule has 1 rings (SSSR count). The van der Waals surface area contributed by atoms with Gasteiger partial charge in [-0.05, 0) is 31.0 Å². The predicted octanol–water partition coefficient (Wildman–Crippen LogP) is 1.43. The lowest BCUT2D eigenvalue weighted by molar-refractivity contribution is -0.142. The molecule has 0 aromatic heterocycles. The van der Waals surface area contributed by atoms with Gasteiger partial charge in [-0.25, -0.2) is 0 Å². The van der Waals surface area contributed by atoms with Gasteiger partial charge in [0.15, 0.2) is 0 Å². The number of carbonyl (C=O) groups excluding carboxylic acids is 1. The van der Waals surface area contributed by atoms with Crippen LogP contribution < -0.4 is 11.1 Å². The molecule has 0 bridgehead atoms. The van der Waals surface area contributed by atoms with Gasteiger partial charge in [0.05, 0.1) is 6.54 Å². The number of nitrogens with two attached hydrogens (primary N) is 1. The van der Waals surface area contributed by atoms with Crippen LogP contribution in [0.3, 0.4) is 0 Å². The molecule has 0 aliphatic heterocycles. The minimum absolute atomic E-state index is 0.102. The average Bonchev–Trinajstić information content (AvgIpc) is 2.50. The maximum absolute atomic E-state index is 12.0. The number of nitrogens with one attached hydrogen (secondary N) is 1. The molecule has 4 heteroatoms. The van der Waals surface area contributed by atoms with E-state index in [1.165, 1.54) is 0 Å². The van der Waals surface area contributed by atoms with E-state index in [-0.39, 0.29) is 5.91 Å². The van der Waals surface area contributed by atoms with E-state index in [1.54, 1.807) is 14.0 Å². The Balaban J connectivity index is 2.60. The quantitative estimate of drug-likeness (QED) is 0.798. The fraction of sp³-hybridized carbons (Fsp3) is 0.438. The van der Waals surface area contributed by atoms with Crippen molar-refractivity contribution in [2.45, 2.75) is 32.4 Å². The summed E-state index contributed by atoms with van der Waals surface area (Å²) < 4.78 is 5.26. The van der Waals surface area contributed by atoms with Gasteiger partial charge in [-0.2, -0.15) is 0 Å². The van der Waals surface area contributed by atoms with Crippen LogP contribution in [0.4, 0.5) is 0 Å². The van der Waals surface area contributed by atoms with E-state index in [2.05, 4.69) is 17.2 Å². The summed E-state index contributed by atoms with van der Waals surface area (Å²) in [4.78, 5) is 12.0. The van der Waals surface area contributed by atoms with Gasteiger partial charge in [0.25, 0.3) is 5.91 Å². The van der Waals surface area contributed by atoms with Gasteiger partial charge in [-0.15, -0.1) is 0 Å². The summed E-state index contributed by atoms with van der Waals surface area (Å²) in [7, 11) is 1.55. The smallest absolute Gasteiger partial charge is 0.252 e. The van der Waals surface area contributed by atoms with Crippen LogP contribution >= 0.6 is 0 Å². The van der Waals surface area contributed by atoms with Crippen molar-refractivity contribution in [2.75, 3.05) is 13.7 Å². The molecule has 108 valence electrons. The molecule has 1 aromatic carbocycles. The van der Waals surface area contributed by atoms with Crippen LogP contribution in [0.2, 0.25) is 0 Å². The van der Waals surface area contributed by atoms with E-state index in [4.69, 9.17) is 10.5 Å². The number of hydrogen-bond donors (Lipinski definition) is 2. The van der Waals surface area contributed by atoms with Crippen molar-refractivity contribution in [3.05, 3.63) is 35.4 Å². The minimum atomic E-state index is -0.771. The highest BCUT2D eigenvalue weighted by Crippen LogP contribution is 2.14. The molecular weight excluding hydrogens is 252 g/mol. The van der Waals surface area contributed by atoms with Gasteiger partial charge >= 0.3 is 0 Å². The predicted molar refractivity (Wildman–Crippen MR) is 79.9 cm³/mol. The van der Waals surface area contributed by atoms with E-state index in [0.717, 1.165) is 11.1 Å². The Morgan fingerprint density at radius 3 is 2.55 bits per heavy atom. The number of methoxy groups -OCH3 is 1. The first-order valence-electron chi connectivity index (χ1n) is 6.67. The zero-order valence-electron chi connectivity index (χ0n) is 12.3. The summed E-state index contributed by atoms with van der Waals surface area (Å²) >= 11 is 0. The topological polar surface area (TPSA) is 64.3 Å². The normalized spacial score (nSPS) is 13.0. The van der Waals surface area contributed by atoms with Crippen LogP contribution in [-0.4, -0.2) is 25.2 Å². The van der Waals surface area contributed by atoms with Crippen LogP contribution in [0.1, 0.15) is 31.4 Å². The first-order chi connectivity index (χ1) is 9.55. The summed E-state index contributed by atoms with van der Waals surface area (Å²) in [5, 5.41) is 2.88. The lowest BCUT2D eigenvalue weighted by Gasteiger charge is -2.25. The summed E-state index contributed by atoms with van der Waals surface area (Å²) in [6.45, 7) is 4.54. The SMILES string of the molecule is CCC(C)(OC)C(=O)NCc1ccc(C#CCN)cc1. The third-order valence-corrected chi connectivity index (χ3v) is 3.35. The Hall–Kier alpha value is -1.83. The molecule has 0 aliphatic rings. The van der Waals surface area contributed by atoms with Crippen molar-refractivity contribution in [3.8, 4) is 11.8 Å². The summed E-state index contributed by atoms with van der Waals surface area (Å²) in [6, 6.07) is 7.72. The molecule has 3 N–H and O–H groups in total. The van der Waals surface area contributed by atoms with Crippen LogP contribution in [-0.2, 0) is 16.1 Å². The van der Waals surface area contributed by atoms with E-state index in [9.17, 15) is 4.79 Å². The summed E-state index contributed by atoms with van der Waals surface area (Å²) in [6.07, 6.45) is 0.628. The molecule has 1 unspecified atom stereocenters. The number of carbonyl (C=O) groups is 1. The van der Waals surface area contributed by atoms with Gasteiger partial charge in [0.2, 0.25) is 0 Å². The molecule has 1 atom stereocenters. The van der Waals surface area contributed by atoms with Gasteiger partial charge in [0, 0.05) is 19.2 Å². The van der Waals surface area contributed by atoms with Gasteiger partial charge in [-0.1, -0.05) is 30.9 Å². The first-order valence-corrected chi connectivity index (χ1v) is 6.67. The van der Waals surface area contributed by atoms with Crippen molar-refractivity contribution >= 4 is 5.91 Å². The highest BCUT2D eigenvalue weighted by molar-refractivity contribution is 5.84. The molecule has 0 saturated heterocycles. The van der Waals surface area contributed by atoms with Crippen LogP contribution in [0.15, 0.2) is 24.3 Å². The maximum atomic E-state index is 12.0. The Bertz CT molecular complexity index is 493. The zero-order chi connectivity index (χ0) is 15.0. The molecule has 0 fully saturated rings. The second-order valence-corrected chi connectivity index (χ2v) is 4.67. The number of amides is 1. The fourth-order valence-corrected chi connectivity index (χ4v) is 1.63. The Morgan fingerprint density at radius 2 is 2.05 bits per heavy atom. The molecule has 0 heterocycles. The summed E-state index contributed by atoms with van der Waals surface area (Å²) in [5.41, 5.74) is 6.49. The molecule has 1 amide bonds. The first kappa shape index (κ1) is 16.2. The number of hydrogen-bond acceptors (Lipinski definition) is 3. The van der Waals surface area contributed by atoms with Crippen molar-refractivity contribution < 1.29 is 9.53 Å². The zero-order valence-corrected chi connectivity index (χ0v) is 12.3.